The summed E-state index contributed by atoms with van der Waals surface area (Å²) in [6, 6.07) is 6.82. The number of aryl methyl sites for hydroxylation is 2. The molecule has 0 heterocycles. The van der Waals surface area contributed by atoms with Crippen LogP contribution in [0.15, 0.2) is 24.3 Å². The van der Waals surface area contributed by atoms with Crippen molar-refractivity contribution in [3.05, 3.63) is 57.6 Å². The second kappa shape index (κ2) is 12.4. The van der Waals surface area contributed by atoms with Crippen molar-refractivity contribution in [2.24, 2.45) is 5.92 Å². The number of carbonyl (C=O) groups is 2. The number of aliphatic hydroxyl groups is 2. The highest BCUT2D eigenvalue weighted by Crippen LogP contribution is 2.29. The molecule has 9 heteroatoms. The maximum Gasteiger partial charge on any atom is 0.359 e. The third-order valence-electron chi connectivity index (χ3n) is 5.88. The van der Waals surface area contributed by atoms with Gasteiger partial charge in [0.25, 0.3) is 0 Å². The first-order valence-electron chi connectivity index (χ1n) is 11.2. The van der Waals surface area contributed by atoms with Gasteiger partial charge in [-0.3, -0.25) is 4.79 Å². The third-order valence-corrected chi connectivity index (χ3v) is 5.88. The minimum Gasteiger partial charge on any atom is -0.507 e. The number of carboxylic acid groups (broad SMARTS) is 2. The summed E-state index contributed by atoms with van der Waals surface area (Å²) >= 11 is 0. The Balaban J connectivity index is 2.23. The zero-order valence-corrected chi connectivity index (χ0v) is 19.5. The van der Waals surface area contributed by atoms with Crippen LogP contribution in [0.3, 0.4) is 0 Å². The Kier molecular flexibility index (Phi) is 9.85. The molecule has 0 aliphatic carbocycles. The number of hydrogen-bond donors (Lipinski definition) is 7. The molecule has 186 valence electrons. The molecular formula is C25H34NO8+. The van der Waals surface area contributed by atoms with E-state index in [1.54, 1.807) is 24.3 Å². The first-order chi connectivity index (χ1) is 16.0. The molecule has 9 nitrogen and oxygen atoms in total. The van der Waals surface area contributed by atoms with E-state index in [4.69, 9.17) is 0 Å². The van der Waals surface area contributed by atoms with E-state index in [1.807, 2.05) is 13.8 Å². The summed E-state index contributed by atoms with van der Waals surface area (Å²) in [5.41, 5.74) is 3.45. The molecule has 2 unspecified atom stereocenters. The first-order valence-corrected chi connectivity index (χ1v) is 11.2. The number of rotatable bonds is 13. The van der Waals surface area contributed by atoms with Crippen LogP contribution in [0.1, 0.15) is 46.2 Å². The fourth-order valence-corrected chi connectivity index (χ4v) is 4.36. The van der Waals surface area contributed by atoms with E-state index in [0.29, 0.717) is 40.1 Å². The molecule has 0 radical (unpaired) electrons. The number of hydrogen-bond acceptors (Lipinski definition) is 6. The van der Waals surface area contributed by atoms with E-state index in [1.165, 1.54) is 0 Å². The third kappa shape index (κ3) is 7.72. The molecule has 0 aromatic heterocycles. The van der Waals surface area contributed by atoms with Gasteiger partial charge in [-0.05, 0) is 37.8 Å². The van der Waals surface area contributed by atoms with Gasteiger partial charge in [-0.25, -0.2) is 4.79 Å². The summed E-state index contributed by atoms with van der Waals surface area (Å²) in [5, 5.41) is 58.6. The lowest BCUT2D eigenvalue weighted by atomic mass is 9.90. The van der Waals surface area contributed by atoms with E-state index in [9.17, 15) is 40.2 Å². The van der Waals surface area contributed by atoms with E-state index >= 15 is 0 Å². The molecule has 7 N–H and O–H groups in total. The first kappa shape index (κ1) is 27.1. The van der Waals surface area contributed by atoms with Crippen LogP contribution in [-0.4, -0.2) is 55.7 Å². The van der Waals surface area contributed by atoms with Gasteiger partial charge in [-0.2, -0.15) is 0 Å². The van der Waals surface area contributed by atoms with Crippen LogP contribution >= 0.6 is 0 Å². The van der Waals surface area contributed by atoms with Crippen molar-refractivity contribution in [1.82, 2.24) is 0 Å². The fraction of sp³-hybridized carbons (Fsp3) is 0.440. The van der Waals surface area contributed by atoms with Gasteiger partial charge >= 0.3 is 11.9 Å². The number of carboxylic acids is 2. The molecule has 0 saturated carbocycles. The van der Waals surface area contributed by atoms with Gasteiger partial charge < -0.3 is 35.5 Å². The number of nitrogens with one attached hydrogen (secondary N) is 1. The van der Waals surface area contributed by atoms with Crippen molar-refractivity contribution in [3.63, 3.8) is 0 Å². The Labute approximate surface area is 198 Å². The maximum absolute atomic E-state index is 11.5. The lowest BCUT2D eigenvalue weighted by Gasteiger charge is -2.23. The second-order valence-electron chi connectivity index (χ2n) is 8.88. The quantitative estimate of drug-likeness (QED) is 0.224. The summed E-state index contributed by atoms with van der Waals surface area (Å²) < 4.78 is 0. The average Bonchev–Trinajstić information content (AvgIpc) is 2.75. The van der Waals surface area contributed by atoms with E-state index in [2.05, 4.69) is 0 Å². The molecule has 0 aliphatic rings. The van der Waals surface area contributed by atoms with Crippen molar-refractivity contribution in [2.75, 3.05) is 13.1 Å². The largest absolute Gasteiger partial charge is 0.507 e. The molecule has 0 saturated heterocycles. The minimum absolute atomic E-state index is 0.0561. The lowest BCUT2D eigenvalue weighted by molar-refractivity contribution is -0.907. The summed E-state index contributed by atoms with van der Waals surface area (Å²) in [6.07, 6.45) is 0.472. The highest BCUT2D eigenvalue weighted by atomic mass is 16.4. The Morgan fingerprint density at radius 1 is 0.824 bits per heavy atom. The van der Waals surface area contributed by atoms with E-state index in [-0.39, 0.29) is 56.6 Å². The monoisotopic (exact) mass is 476 g/mol. The van der Waals surface area contributed by atoms with Crippen molar-refractivity contribution in [3.8, 4) is 11.5 Å². The van der Waals surface area contributed by atoms with Gasteiger partial charge in [0.15, 0.2) is 6.54 Å². The van der Waals surface area contributed by atoms with Crippen molar-refractivity contribution < 1.29 is 45.1 Å². The molecule has 0 fully saturated rings. The molecule has 2 aromatic rings. The minimum atomic E-state index is -1.02. The molecule has 0 spiro atoms. The van der Waals surface area contributed by atoms with Gasteiger partial charge in [0.1, 0.15) is 18.0 Å². The highest BCUT2D eigenvalue weighted by molar-refractivity contribution is 5.67. The van der Waals surface area contributed by atoms with Crippen LogP contribution in [0, 0.1) is 19.8 Å². The molecule has 0 bridgehead atoms. The van der Waals surface area contributed by atoms with E-state index in [0.717, 1.165) is 11.1 Å². The van der Waals surface area contributed by atoms with Gasteiger partial charge in [0, 0.05) is 29.5 Å². The molecular weight excluding hydrogens is 442 g/mol. The highest BCUT2D eigenvalue weighted by Gasteiger charge is 2.23. The number of aliphatic hydroxyl groups excluding tert-OH is 2. The molecule has 2 atom stereocenters. The summed E-state index contributed by atoms with van der Waals surface area (Å²) in [6.45, 7) is 3.25. The van der Waals surface area contributed by atoms with Crippen molar-refractivity contribution in [1.29, 1.82) is 0 Å². The van der Waals surface area contributed by atoms with E-state index < -0.39 is 11.9 Å². The number of phenols is 2. The van der Waals surface area contributed by atoms with Crippen LogP contribution in [0.2, 0.25) is 0 Å². The van der Waals surface area contributed by atoms with Gasteiger partial charge in [0.2, 0.25) is 0 Å². The number of aliphatic carboxylic acids is 2. The topological polar surface area (TPSA) is 160 Å². The summed E-state index contributed by atoms with van der Waals surface area (Å²) in [5.74, 6) is -2.52. The normalized spacial score (nSPS) is 12.9. The average molecular weight is 477 g/mol. The maximum atomic E-state index is 11.5. The van der Waals surface area contributed by atoms with Crippen molar-refractivity contribution >= 4 is 11.9 Å². The Hall–Kier alpha value is -3.14. The molecule has 0 amide bonds. The number of benzene rings is 2. The number of quaternary nitrogens is 1. The van der Waals surface area contributed by atoms with Gasteiger partial charge in [0.05, 0.1) is 19.8 Å². The lowest BCUT2D eigenvalue weighted by Crippen LogP contribution is -3.11. The summed E-state index contributed by atoms with van der Waals surface area (Å²) in [7, 11) is 0. The molecule has 0 aliphatic heterocycles. The van der Waals surface area contributed by atoms with Crippen LogP contribution in [0.4, 0.5) is 0 Å². The Morgan fingerprint density at radius 2 is 1.32 bits per heavy atom. The predicted molar refractivity (Wildman–Crippen MR) is 124 cm³/mol. The van der Waals surface area contributed by atoms with Gasteiger partial charge in [-0.1, -0.05) is 29.3 Å². The summed E-state index contributed by atoms with van der Waals surface area (Å²) in [4.78, 5) is 23.6. The van der Waals surface area contributed by atoms with Gasteiger partial charge in [-0.15, -0.1) is 0 Å². The molecule has 2 rings (SSSR count). The Bertz CT molecular complexity index is 939. The zero-order valence-electron chi connectivity index (χ0n) is 19.5. The van der Waals surface area contributed by atoms with Crippen LogP contribution in [0.25, 0.3) is 0 Å². The van der Waals surface area contributed by atoms with Crippen LogP contribution in [0.5, 0.6) is 11.5 Å². The van der Waals surface area contributed by atoms with Crippen LogP contribution < -0.4 is 4.90 Å². The fourth-order valence-electron chi connectivity index (χ4n) is 4.36. The standard InChI is InChI=1S/C25H33NO8/c1-15-5-18(24(33)20(7-15)13-27)9-17(10-22(29)30)3-4-26(12-23(31)32)11-19-6-16(2)8-21(14-28)25(19)34/h5-8,17,27-28,33-34H,3-4,9-14H2,1-2H3,(H,29,30)(H,31,32)/p+1. The predicted octanol–water partition coefficient (Wildman–Crippen LogP) is 0.892. The van der Waals surface area contributed by atoms with Crippen molar-refractivity contribution in [2.45, 2.75) is 52.9 Å². The smallest absolute Gasteiger partial charge is 0.359 e. The SMILES string of the molecule is Cc1cc(CO)c(O)c(CC(CC[NH+](CC(=O)O)Cc2cc(C)cc(CO)c2O)CC(=O)O)c1. The number of aromatic hydroxyl groups is 2. The Morgan fingerprint density at radius 3 is 1.82 bits per heavy atom. The molecule has 2 aromatic carbocycles. The molecule has 34 heavy (non-hydrogen) atoms. The van der Waals surface area contributed by atoms with Crippen LogP contribution in [-0.2, 0) is 35.8 Å². The second-order valence-corrected chi connectivity index (χ2v) is 8.88. The zero-order chi connectivity index (χ0) is 25.4.